The van der Waals surface area contributed by atoms with Crippen LogP contribution in [0.3, 0.4) is 0 Å². The second kappa shape index (κ2) is 8.07. The van der Waals surface area contributed by atoms with Crippen LogP contribution < -0.4 is 5.32 Å². The Kier molecular flexibility index (Phi) is 6.09. The van der Waals surface area contributed by atoms with E-state index < -0.39 is 5.97 Å². The zero-order chi connectivity index (χ0) is 18.6. The van der Waals surface area contributed by atoms with Gasteiger partial charge in [0.1, 0.15) is 6.54 Å². The molecule has 1 heterocycles. The summed E-state index contributed by atoms with van der Waals surface area (Å²) in [6.07, 6.45) is 0. The molecule has 25 heavy (non-hydrogen) atoms. The topological polar surface area (TPSA) is 72.5 Å². The summed E-state index contributed by atoms with van der Waals surface area (Å²) in [5.74, 6) is -1.22. The first-order chi connectivity index (χ1) is 11.8. The van der Waals surface area contributed by atoms with Crippen LogP contribution in [0.1, 0.15) is 42.3 Å². The number of carbonyl (C=O) groups is 3. The zero-order valence-corrected chi connectivity index (χ0v) is 15.6. The fourth-order valence-corrected chi connectivity index (χ4v) is 3.06. The molecule has 0 atom stereocenters. The smallest absolute Gasteiger partial charge is 0.325 e. The van der Waals surface area contributed by atoms with Crippen LogP contribution in [-0.2, 0) is 9.53 Å². The molecule has 0 aliphatic heterocycles. The number of esters is 1. The molecular formula is C19H21NO4S. The standard InChI is InChI=1S/C19H21NO4S/c1-11-8-15(14(4)13(3)12(11)2)16(21)10-24-18(22)9-20-19(23)17-6-5-7-25-17/h5-8H,9-10H2,1-4H3,(H,20,23). The van der Waals surface area contributed by atoms with Crippen molar-refractivity contribution in [1.82, 2.24) is 5.32 Å². The van der Waals surface area contributed by atoms with Crippen molar-refractivity contribution < 1.29 is 19.1 Å². The van der Waals surface area contributed by atoms with Crippen molar-refractivity contribution in [3.05, 3.63) is 56.3 Å². The molecule has 0 aliphatic carbocycles. The van der Waals surface area contributed by atoms with Gasteiger partial charge in [-0.2, -0.15) is 0 Å². The van der Waals surface area contributed by atoms with Gasteiger partial charge in [-0.05, 0) is 67.5 Å². The van der Waals surface area contributed by atoms with E-state index in [1.807, 2.05) is 33.8 Å². The maximum atomic E-state index is 12.3. The number of ether oxygens (including phenoxy) is 1. The molecule has 0 unspecified atom stereocenters. The summed E-state index contributed by atoms with van der Waals surface area (Å²) in [4.78, 5) is 36.4. The number of Topliss-reactive ketones (excluding diaryl/α,β-unsaturated/α-hetero) is 1. The molecule has 132 valence electrons. The Bertz CT molecular complexity index is 809. The highest BCUT2D eigenvalue weighted by Gasteiger charge is 2.16. The molecular weight excluding hydrogens is 338 g/mol. The number of benzene rings is 1. The van der Waals surface area contributed by atoms with Crippen molar-refractivity contribution in [1.29, 1.82) is 0 Å². The molecule has 0 fully saturated rings. The van der Waals surface area contributed by atoms with Crippen molar-refractivity contribution in [2.45, 2.75) is 27.7 Å². The predicted molar refractivity (Wildman–Crippen MR) is 97.3 cm³/mol. The summed E-state index contributed by atoms with van der Waals surface area (Å²) in [6.45, 7) is 7.22. The molecule has 2 aromatic rings. The summed E-state index contributed by atoms with van der Waals surface area (Å²) in [5, 5.41) is 4.25. The molecule has 6 heteroatoms. The minimum Gasteiger partial charge on any atom is -0.456 e. The number of hydrogen-bond donors (Lipinski definition) is 1. The Hall–Kier alpha value is -2.47. The van der Waals surface area contributed by atoms with Gasteiger partial charge >= 0.3 is 5.97 Å². The highest BCUT2D eigenvalue weighted by molar-refractivity contribution is 7.12. The van der Waals surface area contributed by atoms with E-state index >= 15 is 0 Å². The Morgan fingerprint density at radius 1 is 1.08 bits per heavy atom. The van der Waals surface area contributed by atoms with Crippen LogP contribution in [0.2, 0.25) is 0 Å². The number of hydrogen-bond acceptors (Lipinski definition) is 5. The van der Waals surface area contributed by atoms with Gasteiger partial charge in [0.25, 0.3) is 5.91 Å². The summed E-state index contributed by atoms with van der Waals surface area (Å²) >= 11 is 1.29. The third kappa shape index (κ3) is 4.54. The van der Waals surface area contributed by atoms with Gasteiger partial charge in [-0.25, -0.2) is 0 Å². The minimum atomic E-state index is -0.642. The highest BCUT2D eigenvalue weighted by atomic mass is 32.1. The molecule has 0 spiro atoms. The van der Waals surface area contributed by atoms with Crippen LogP contribution in [0.4, 0.5) is 0 Å². The first-order valence-corrected chi connectivity index (χ1v) is 8.77. The number of nitrogens with one attached hydrogen (secondary N) is 1. The van der Waals surface area contributed by atoms with Crippen LogP contribution in [0.25, 0.3) is 0 Å². The molecule has 1 aromatic heterocycles. The van der Waals surface area contributed by atoms with Crippen molar-refractivity contribution in [3.63, 3.8) is 0 Å². The third-order valence-electron chi connectivity index (χ3n) is 4.28. The number of thiophene rings is 1. The van der Waals surface area contributed by atoms with Crippen molar-refractivity contribution in [3.8, 4) is 0 Å². The molecule has 1 aromatic carbocycles. The van der Waals surface area contributed by atoms with Gasteiger partial charge < -0.3 is 10.1 Å². The molecule has 1 N–H and O–H groups in total. The van der Waals surface area contributed by atoms with E-state index in [0.29, 0.717) is 10.4 Å². The molecule has 0 saturated carbocycles. The first kappa shape index (κ1) is 18.9. The minimum absolute atomic E-state index is 0.248. The Morgan fingerprint density at radius 3 is 2.44 bits per heavy atom. The number of rotatable bonds is 6. The summed E-state index contributed by atoms with van der Waals surface area (Å²) < 4.78 is 4.99. The molecule has 0 saturated heterocycles. The van der Waals surface area contributed by atoms with E-state index in [1.54, 1.807) is 17.5 Å². The van der Waals surface area contributed by atoms with Gasteiger partial charge in [-0.3, -0.25) is 14.4 Å². The molecule has 0 bridgehead atoms. The van der Waals surface area contributed by atoms with Gasteiger partial charge in [0.2, 0.25) is 5.78 Å². The van der Waals surface area contributed by atoms with E-state index in [1.165, 1.54) is 11.3 Å². The SMILES string of the molecule is Cc1cc(C(=O)COC(=O)CNC(=O)c2cccs2)c(C)c(C)c1C. The average Bonchev–Trinajstić information content (AvgIpc) is 3.13. The van der Waals surface area contributed by atoms with Gasteiger partial charge in [-0.1, -0.05) is 6.07 Å². The molecule has 1 amide bonds. The summed E-state index contributed by atoms with van der Waals surface area (Å²) in [6, 6.07) is 5.25. The Labute approximate surface area is 151 Å². The fourth-order valence-electron chi connectivity index (χ4n) is 2.42. The second-order valence-corrected chi connectivity index (χ2v) is 6.81. The first-order valence-electron chi connectivity index (χ1n) is 7.89. The van der Waals surface area contributed by atoms with E-state index in [0.717, 1.165) is 22.3 Å². The molecule has 5 nitrogen and oxygen atoms in total. The summed E-state index contributed by atoms with van der Waals surface area (Å²) in [5.41, 5.74) is 4.72. The zero-order valence-electron chi connectivity index (χ0n) is 14.8. The number of aryl methyl sites for hydroxylation is 1. The monoisotopic (exact) mass is 359 g/mol. The normalized spacial score (nSPS) is 10.4. The largest absolute Gasteiger partial charge is 0.456 e. The van der Waals surface area contributed by atoms with Crippen LogP contribution in [0.5, 0.6) is 0 Å². The quantitative estimate of drug-likeness (QED) is 0.635. The lowest BCUT2D eigenvalue weighted by Crippen LogP contribution is -2.31. The molecule has 2 rings (SSSR count). The molecule has 0 aliphatic rings. The molecule has 0 radical (unpaired) electrons. The summed E-state index contributed by atoms with van der Waals surface area (Å²) in [7, 11) is 0. The highest BCUT2D eigenvalue weighted by Crippen LogP contribution is 2.21. The van der Waals surface area contributed by atoms with Crippen LogP contribution in [0.15, 0.2) is 23.6 Å². The lowest BCUT2D eigenvalue weighted by molar-refractivity contribution is -0.141. The maximum Gasteiger partial charge on any atom is 0.325 e. The Balaban J connectivity index is 1.90. The van der Waals surface area contributed by atoms with Crippen LogP contribution in [-0.4, -0.2) is 30.8 Å². The third-order valence-corrected chi connectivity index (χ3v) is 5.15. The van der Waals surface area contributed by atoms with Crippen molar-refractivity contribution in [2.75, 3.05) is 13.2 Å². The van der Waals surface area contributed by atoms with Crippen LogP contribution >= 0.6 is 11.3 Å². The fraction of sp³-hybridized carbons (Fsp3) is 0.316. The van der Waals surface area contributed by atoms with E-state index in [4.69, 9.17) is 4.74 Å². The Morgan fingerprint density at radius 2 is 1.80 bits per heavy atom. The van der Waals surface area contributed by atoms with Gasteiger partial charge in [0, 0.05) is 5.56 Å². The predicted octanol–water partition coefficient (Wildman–Crippen LogP) is 3.14. The van der Waals surface area contributed by atoms with Gasteiger partial charge in [0.05, 0.1) is 4.88 Å². The van der Waals surface area contributed by atoms with E-state index in [9.17, 15) is 14.4 Å². The lowest BCUT2D eigenvalue weighted by Gasteiger charge is -2.13. The van der Waals surface area contributed by atoms with Gasteiger partial charge in [0.15, 0.2) is 6.61 Å². The number of carbonyl (C=O) groups excluding carboxylic acids is 3. The van der Waals surface area contributed by atoms with Crippen molar-refractivity contribution >= 4 is 29.0 Å². The van der Waals surface area contributed by atoms with E-state index in [2.05, 4.69) is 5.32 Å². The second-order valence-electron chi connectivity index (χ2n) is 5.86. The average molecular weight is 359 g/mol. The number of ketones is 1. The van der Waals surface area contributed by atoms with Crippen molar-refractivity contribution in [2.24, 2.45) is 0 Å². The van der Waals surface area contributed by atoms with Gasteiger partial charge in [-0.15, -0.1) is 11.3 Å². The van der Waals surface area contributed by atoms with E-state index in [-0.39, 0.29) is 24.8 Å². The maximum absolute atomic E-state index is 12.3. The van der Waals surface area contributed by atoms with Crippen LogP contribution in [0, 0.1) is 27.7 Å². The number of amides is 1. The lowest BCUT2D eigenvalue weighted by atomic mass is 9.93.